The van der Waals surface area contributed by atoms with Crippen molar-refractivity contribution in [2.45, 2.75) is 77.3 Å². The second kappa shape index (κ2) is 12.1. The molecule has 2 saturated heterocycles. The monoisotopic (exact) mass is 631 g/mol. The van der Waals surface area contributed by atoms with Crippen LogP contribution in [0.4, 0.5) is 16.3 Å². The van der Waals surface area contributed by atoms with Crippen LogP contribution in [-0.2, 0) is 11.8 Å². The standard InChI is InChI=1S/C38H41N5O2S/c1-24-9-15-29(16-10-24)43-35(23-34(41-43)38(2,3)4)40-37(45)39-28-13-11-25(12-14-28)19-26-20-30-17-18-31(21-26)42(30)36(44)33-22-27-7-5-6-8-32(27)46-33/h5-16,22-23,26,30-31H,17-21H2,1-4H3,(H2,39,40,45). The van der Waals surface area contributed by atoms with Crippen LogP contribution in [0.15, 0.2) is 84.9 Å². The Kier molecular flexibility index (Phi) is 7.93. The Balaban J connectivity index is 0.971. The van der Waals surface area contributed by atoms with Crippen LogP contribution in [0.3, 0.4) is 0 Å². The molecule has 7 nitrogen and oxygen atoms in total. The molecule has 0 spiro atoms. The lowest BCUT2D eigenvalue weighted by atomic mass is 9.85. The van der Waals surface area contributed by atoms with Crippen LogP contribution < -0.4 is 10.6 Å². The molecular weight excluding hydrogens is 591 g/mol. The van der Waals surface area contributed by atoms with Crippen molar-refractivity contribution in [2.24, 2.45) is 5.92 Å². The van der Waals surface area contributed by atoms with E-state index < -0.39 is 0 Å². The summed E-state index contributed by atoms with van der Waals surface area (Å²) in [7, 11) is 0. The van der Waals surface area contributed by atoms with Gasteiger partial charge in [0.1, 0.15) is 5.82 Å². The van der Waals surface area contributed by atoms with Crippen molar-refractivity contribution in [1.29, 1.82) is 0 Å². The number of benzene rings is 3. The van der Waals surface area contributed by atoms with Crippen molar-refractivity contribution in [1.82, 2.24) is 14.7 Å². The molecule has 2 aromatic heterocycles. The molecule has 5 aromatic rings. The quantitative estimate of drug-likeness (QED) is 0.196. The molecule has 0 radical (unpaired) electrons. The zero-order chi connectivity index (χ0) is 32.0. The second-order valence-electron chi connectivity index (χ2n) is 14.0. The molecular formula is C38H41N5O2S. The van der Waals surface area contributed by atoms with Crippen LogP contribution in [0, 0.1) is 12.8 Å². The zero-order valence-electron chi connectivity index (χ0n) is 26.9. The normalized spacial score (nSPS) is 19.4. The van der Waals surface area contributed by atoms with Gasteiger partial charge in [-0.3, -0.25) is 10.1 Å². The van der Waals surface area contributed by atoms with Crippen LogP contribution in [0.5, 0.6) is 0 Å². The van der Waals surface area contributed by atoms with E-state index in [0.29, 0.717) is 23.8 Å². The molecule has 3 amide bonds. The van der Waals surface area contributed by atoms with Gasteiger partial charge in [-0.2, -0.15) is 5.10 Å². The average molecular weight is 632 g/mol. The minimum Gasteiger partial charge on any atom is -0.332 e. The molecule has 2 unspecified atom stereocenters. The summed E-state index contributed by atoms with van der Waals surface area (Å²) in [6.45, 7) is 8.39. The number of rotatable bonds is 6. The van der Waals surface area contributed by atoms with Gasteiger partial charge < -0.3 is 10.2 Å². The van der Waals surface area contributed by atoms with Gasteiger partial charge in [0.05, 0.1) is 16.3 Å². The van der Waals surface area contributed by atoms with Gasteiger partial charge in [0, 0.05) is 34.0 Å². The highest BCUT2D eigenvalue weighted by molar-refractivity contribution is 7.20. The summed E-state index contributed by atoms with van der Waals surface area (Å²) in [5.74, 6) is 1.37. The number of fused-ring (bicyclic) bond motifs is 3. The maximum absolute atomic E-state index is 13.6. The Morgan fingerprint density at radius 2 is 1.59 bits per heavy atom. The molecule has 2 N–H and O–H groups in total. The SMILES string of the molecule is Cc1ccc(-n2nc(C(C)(C)C)cc2NC(=O)Nc2ccc(CC3CC4CCC(C3)N4C(=O)c3cc4ccccc4s3)cc2)cc1. The lowest BCUT2D eigenvalue weighted by Gasteiger charge is -2.39. The molecule has 0 saturated carbocycles. The summed E-state index contributed by atoms with van der Waals surface area (Å²) >= 11 is 1.61. The van der Waals surface area contributed by atoms with E-state index in [0.717, 1.165) is 59.4 Å². The van der Waals surface area contributed by atoms with E-state index in [2.05, 4.69) is 73.6 Å². The Labute approximate surface area is 274 Å². The summed E-state index contributed by atoms with van der Waals surface area (Å²) in [5.41, 5.74) is 4.79. The first-order valence-electron chi connectivity index (χ1n) is 16.3. The Morgan fingerprint density at radius 3 is 2.26 bits per heavy atom. The number of thiophene rings is 1. The number of anilines is 2. The third kappa shape index (κ3) is 6.18. The maximum Gasteiger partial charge on any atom is 0.324 e. The molecule has 2 bridgehead atoms. The lowest BCUT2D eigenvalue weighted by Crippen LogP contribution is -2.46. The number of amides is 3. The first-order valence-corrected chi connectivity index (χ1v) is 17.1. The highest BCUT2D eigenvalue weighted by atomic mass is 32.1. The number of nitrogens with zero attached hydrogens (tertiary/aromatic N) is 3. The minimum absolute atomic E-state index is 0.163. The number of nitrogens with one attached hydrogen (secondary N) is 2. The molecule has 7 rings (SSSR count). The van der Waals surface area contributed by atoms with E-state index in [1.54, 1.807) is 16.0 Å². The fraction of sp³-hybridized carbons (Fsp3) is 0.342. The van der Waals surface area contributed by atoms with Gasteiger partial charge in [-0.15, -0.1) is 11.3 Å². The van der Waals surface area contributed by atoms with Crippen molar-refractivity contribution in [2.75, 3.05) is 10.6 Å². The Morgan fingerprint density at radius 1 is 0.891 bits per heavy atom. The Bertz CT molecular complexity index is 1840. The Hall–Kier alpha value is -4.43. The molecule has 46 heavy (non-hydrogen) atoms. The van der Waals surface area contributed by atoms with Gasteiger partial charge in [-0.25, -0.2) is 9.48 Å². The smallest absolute Gasteiger partial charge is 0.324 e. The van der Waals surface area contributed by atoms with Gasteiger partial charge in [-0.1, -0.05) is 68.8 Å². The summed E-state index contributed by atoms with van der Waals surface area (Å²) < 4.78 is 2.96. The van der Waals surface area contributed by atoms with Gasteiger partial charge >= 0.3 is 6.03 Å². The summed E-state index contributed by atoms with van der Waals surface area (Å²) in [5, 5.41) is 12.0. The van der Waals surface area contributed by atoms with Crippen molar-refractivity contribution in [3.8, 4) is 5.69 Å². The van der Waals surface area contributed by atoms with Crippen LogP contribution >= 0.6 is 11.3 Å². The molecule has 2 fully saturated rings. The van der Waals surface area contributed by atoms with E-state index in [1.165, 1.54) is 15.8 Å². The molecule has 3 aromatic carbocycles. The topological polar surface area (TPSA) is 79.3 Å². The number of hydrogen-bond donors (Lipinski definition) is 2. The van der Waals surface area contributed by atoms with Gasteiger partial charge in [0.15, 0.2) is 0 Å². The number of urea groups is 1. The van der Waals surface area contributed by atoms with E-state index in [4.69, 9.17) is 5.10 Å². The lowest BCUT2D eigenvalue weighted by molar-refractivity contribution is 0.0529. The summed E-state index contributed by atoms with van der Waals surface area (Å²) in [4.78, 5) is 29.7. The number of aryl methyl sites for hydroxylation is 1. The third-order valence-electron chi connectivity index (χ3n) is 9.44. The van der Waals surface area contributed by atoms with Crippen molar-refractivity contribution >= 4 is 44.9 Å². The molecule has 2 aliphatic heterocycles. The van der Waals surface area contributed by atoms with Crippen LogP contribution in [0.1, 0.15) is 72.9 Å². The van der Waals surface area contributed by atoms with E-state index in [9.17, 15) is 9.59 Å². The van der Waals surface area contributed by atoms with E-state index in [-0.39, 0.29) is 17.4 Å². The van der Waals surface area contributed by atoms with Gasteiger partial charge in [-0.05, 0) is 92.3 Å². The molecule has 2 aliphatic rings. The highest BCUT2D eigenvalue weighted by Crippen LogP contribution is 2.42. The minimum atomic E-state index is -0.311. The molecule has 236 valence electrons. The fourth-order valence-electron chi connectivity index (χ4n) is 7.06. The van der Waals surface area contributed by atoms with Crippen molar-refractivity contribution in [3.63, 3.8) is 0 Å². The molecule has 8 heteroatoms. The largest absolute Gasteiger partial charge is 0.332 e. The highest BCUT2D eigenvalue weighted by Gasteiger charge is 2.43. The average Bonchev–Trinajstić information content (AvgIpc) is 3.72. The van der Waals surface area contributed by atoms with Crippen LogP contribution in [0.25, 0.3) is 15.8 Å². The molecule has 4 heterocycles. The number of carbonyl (C=O) groups excluding carboxylic acids is 2. The molecule has 2 atom stereocenters. The number of aromatic nitrogens is 2. The van der Waals surface area contributed by atoms with E-state index in [1.807, 2.05) is 54.6 Å². The zero-order valence-corrected chi connectivity index (χ0v) is 27.7. The third-order valence-corrected chi connectivity index (χ3v) is 10.5. The molecule has 0 aliphatic carbocycles. The first kappa shape index (κ1) is 30.2. The summed E-state index contributed by atoms with van der Waals surface area (Å²) in [6, 6.07) is 28.8. The van der Waals surface area contributed by atoms with Crippen LogP contribution in [-0.4, -0.2) is 38.7 Å². The summed E-state index contributed by atoms with van der Waals surface area (Å²) in [6.07, 6.45) is 5.25. The van der Waals surface area contributed by atoms with E-state index >= 15 is 0 Å². The fourth-order valence-corrected chi connectivity index (χ4v) is 8.07. The number of hydrogen-bond acceptors (Lipinski definition) is 4. The number of piperidine rings is 1. The van der Waals surface area contributed by atoms with Crippen molar-refractivity contribution in [3.05, 3.63) is 107 Å². The second-order valence-corrected chi connectivity index (χ2v) is 15.1. The van der Waals surface area contributed by atoms with Gasteiger partial charge in [0.25, 0.3) is 5.91 Å². The number of carbonyl (C=O) groups is 2. The predicted molar refractivity (Wildman–Crippen MR) is 187 cm³/mol. The predicted octanol–water partition coefficient (Wildman–Crippen LogP) is 8.96. The first-order chi connectivity index (χ1) is 22.1. The maximum atomic E-state index is 13.6. The van der Waals surface area contributed by atoms with Crippen LogP contribution in [0.2, 0.25) is 0 Å². The van der Waals surface area contributed by atoms with Gasteiger partial charge in [0.2, 0.25) is 0 Å². The van der Waals surface area contributed by atoms with Crippen molar-refractivity contribution < 1.29 is 9.59 Å².